The van der Waals surface area contributed by atoms with Gasteiger partial charge in [0.25, 0.3) is 5.91 Å². The Balaban J connectivity index is 1.47. The van der Waals surface area contributed by atoms with Crippen molar-refractivity contribution in [1.29, 1.82) is 0 Å². The van der Waals surface area contributed by atoms with Gasteiger partial charge < -0.3 is 29.7 Å². The summed E-state index contributed by atoms with van der Waals surface area (Å²) in [6, 6.07) is 7.69. The molecule has 5 atom stereocenters. The fourth-order valence-electron chi connectivity index (χ4n) is 4.52. The summed E-state index contributed by atoms with van der Waals surface area (Å²) >= 11 is 1.48. The molecule has 3 fully saturated rings. The fraction of sp³-hybridized carbons (Fsp3) is 0.522. The van der Waals surface area contributed by atoms with Crippen molar-refractivity contribution in [2.45, 2.75) is 48.9 Å². The molecule has 10 heteroatoms. The van der Waals surface area contributed by atoms with Crippen molar-refractivity contribution in [1.82, 2.24) is 15.1 Å². The summed E-state index contributed by atoms with van der Waals surface area (Å²) in [5.41, 5.74) is 0.844. The average Bonchev–Trinajstić information content (AvgIpc) is 3.42. The second kappa shape index (κ2) is 9.74. The first kappa shape index (κ1) is 23.6. The lowest BCUT2D eigenvalue weighted by Gasteiger charge is -2.52. The number of β-lactam (4-membered cyclic amide) rings is 1. The maximum absolute atomic E-state index is 13.3. The number of aliphatic hydroxyl groups excluding tert-OH is 1. The van der Waals surface area contributed by atoms with Crippen LogP contribution in [0.2, 0.25) is 0 Å². The van der Waals surface area contributed by atoms with Gasteiger partial charge in [-0.2, -0.15) is 0 Å². The molecule has 3 aliphatic rings. The van der Waals surface area contributed by atoms with Crippen molar-refractivity contribution in [3.63, 3.8) is 0 Å². The standard InChI is InChI=1S/C23H29N3O6S/c1-3-10-26-21(29)19-23(26,2)33-14-25(19)20(28)18(27)17(12-15-7-5-4-6-8-15)24-22(30)32-16-9-11-31-13-16/h3-8,16-19,27H,1,9-14H2,2H3,(H,24,30)/t16-,17-,18-,19+,23?/m0/s1. The van der Waals surface area contributed by atoms with Gasteiger partial charge in [-0.1, -0.05) is 36.4 Å². The topological polar surface area (TPSA) is 108 Å². The number of carbonyl (C=O) groups is 3. The monoisotopic (exact) mass is 475 g/mol. The number of nitrogens with zero attached hydrogens (tertiary/aromatic N) is 2. The Morgan fingerprint density at radius 3 is 2.85 bits per heavy atom. The smallest absolute Gasteiger partial charge is 0.407 e. The summed E-state index contributed by atoms with van der Waals surface area (Å²) in [6.45, 7) is 6.85. The SMILES string of the molecule is C=CCN1C(=O)[C@H]2N(C(=O)[C@@H](O)[C@H](Cc3ccccc3)NC(=O)O[C@H]3CCOC3)CSC21C. The molecular formula is C23H29N3O6S. The van der Waals surface area contributed by atoms with Crippen molar-refractivity contribution < 1.29 is 29.0 Å². The van der Waals surface area contributed by atoms with Crippen LogP contribution in [0, 0.1) is 0 Å². The lowest BCUT2D eigenvalue weighted by molar-refractivity contribution is -0.166. The average molecular weight is 476 g/mol. The Morgan fingerprint density at radius 1 is 1.42 bits per heavy atom. The molecule has 0 bridgehead atoms. The molecular weight excluding hydrogens is 446 g/mol. The predicted molar refractivity (Wildman–Crippen MR) is 122 cm³/mol. The van der Waals surface area contributed by atoms with E-state index in [-0.39, 0.29) is 24.3 Å². The molecule has 3 amide bonds. The van der Waals surface area contributed by atoms with E-state index in [0.717, 1.165) is 5.56 Å². The first-order valence-electron chi connectivity index (χ1n) is 11.0. The van der Waals surface area contributed by atoms with Crippen molar-refractivity contribution in [2.75, 3.05) is 25.6 Å². The maximum atomic E-state index is 13.3. The van der Waals surface area contributed by atoms with Gasteiger partial charge in [0, 0.05) is 13.0 Å². The number of hydrogen-bond donors (Lipinski definition) is 2. The third kappa shape index (κ3) is 4.60. The molecule has 0 aromatic heterocycles. The second-order valence-electron chi connectivity index (χ2n) is 8.55. The molecule has 3 aliphatic heterocycles. The van der Waals surface area contributed by atoms with Gasteiger partial charge in [0.05, 0.1) is 25.1 Å². The highest BCUT2D eigenvalue weighted by atomic mass is 32.2. The zero-order valence-electron chi connectivity index (χ0n) is 18.5. The number of nitrogens with one attached hydrogen (secondary N) is 1. The molecule has 9 nitrogen and oxygen atoms in total. The number of hydrogen-bond acceptors (Lipinski definition) is 7. The van der Waals surface area contributed by atoms with Crippen LogP contribution in [0.15, 0.2) is 43.0 Å². The number of likely N-dealkylation sites (tertiary alicyclic amines) is 1. The van der Waals surface area contributed by atoms with E-state index in [4.69, 9.17) is 9.47 Å². The van der Waals surface area contributed by atoms with Crippen molar-refractivity contribution in [2.24, 2.45) is 0 Å². The number of carbonyl (C=O) groups excluding carboxylic acids is 3. The number of amides is 3. The Hall–Kier alpha value is -2.56. The first-order chi connectivity index (χ1) is 15.8. The van der Waals surface area contributed by atoms with Gasteiger partial charge in [-0.05, 0) is 18.9 Å². The highest BCUT2D eigenvalue weighted by Gasteiger charge is 2.65. The Labute approximate surface area is 197 Å². The van der Waals surface area contributed by atoms with Crippen molar-refractivity contribution >= 4 is 29.7 Å². The Bertz CT molecular complexity index is 909. The third-order valence-corrected chi connectivity index (χ3v) is 7.78. The van der Waals surface area contributed by atoms with Crippen LogP contribution >= 0.6 is 11.8 Å². The van der Waals surface area contributed by atoms with Crippen LogP contribution < -0.4 is 5.32 Å². The van der Waals surface area contributed by atoms with Crippen molar-refractivity contribution in [3.05, 3.63) is 48.6 Å². The van der Waals surface area contributed by atoms with Crippen LogP contribution in [0.25, 0.3) is 0 Å². The Kier molecular flexibility index (Phi) is 6.96. The molecule has 0 spiro atoms. The van der Waals surface area contributed by atoms with Crippen LogP contribution in [0.4, 0.5) is 4.79 Å². The predicted octanol–water partition coefficient (Wildman–Crippen LogP) is 1.12. The van der Waals surface area contributed by atoms with E-state index in [2.05, 4.69) is 11.9 Å². The molecule has 178 valence electrons. The molecule has 33 heavy (non-hydrogen) atoms. The molecule has 0 radical (unpaired) electrons. The van der Waals surface area contributed by atoms with Gasteiger partial charge in [0.15, 0.2) is 6.10 Å². The number of fused-ring (bicyclic) bond motifs is 1. The molecule has 3 heterocycles. The summed E-state index contributed by atoms with van der Waals surface area (Å²) in [4.78, 5) is 41.0. The molecule has 1 unspecified atom stereocenters. The van der Waals surface area contributed by atoms with Crippen LogP contribution in [0.1, 0.15) is 18.9 Å². The minimum absolute atomic E-state index is 0.170. The molecule has 4 rings (SSSR count). The van der Waals surface area contributed by atoms with Crippen molar-refractivity contribution in [3.8, 4) is 0 Å². The largest absolute Gasteiger partial charge is 0.444 e. The van der Waals surface area contributed by atoms with E-state index >= 15 is 0 Å². The number of aliphatic hydroxyl groups is 1. The maximum Gasteiger partial charge on any atom is 0.407 e. The molecule has 1 aromatic carbocycles. The Morgan fingerprint density at radius 2 is 2.18 bits per heavy atom. The number of benzene rings is 1. The van der Waals surface area contributed by atoms with Gasteiger partial charge >= 0.3 is 6.09 Å². The summed E-state index contributed by atoms with van der Waals surface area (Å²) in [5, 5.41) is 13.7. The third-order valence-electron chi connectivity index (χ3n) is 6.34. The van der Waals surface area contributed by atoms with E-state index in [1.165, 1.54) is 16.7 Å². The minimum atomic E-state index is -1.54. The van der Waals surface area contributed by atoms with E-state index in [0.29, 0.717) is 26.2 Å². The molecule has 0 aliphatic carbocycles. The normalized spacial score (nSPS) is 28.0. The van der Waals surface area contributed by atoms with Crippen LogP contribution in [0.5, 0.6) is 0 Å². The van der Waals surface area contributed by atoms with Gasteiger partial charge in [0.2, 0.25) is 5.91 Å². The summed E-state index contributed by atoms with van der Waals surface area (Å²) < 4.78 is 10.6. The molecule has 1 aromatic rings. The highest BCUT2D eigenvalue weighted by Crippen LogP contribution is 2.50. The number of rotatable bonds is 8. The number of thioether (sulfide) groups is 1. The lowest BCUT2D eigenvalue weighted by Crippen LogP contribution is -2.73. The molecule has 0 saturated carbocycles. The highest BCUT2D eigenvalue weighted by molar-refractivity contribution is 8.01. The quantitative estimate of drug-likeness (QED) is 0.428. The summed E-state index contributed by atoms with van der Waals surface area (Å²) in [6.07, 6.45) is -0.122. The lowest BCUT2D eigenvalue weighted by atomic mass is 9.93. The van der Waals surface area contributed by atoms with Gasteiger partial charge in [0.1, 0.15) is 17.0 Å². The summed E-state index contributed by atoms with van der Waals surface area (Å²) in [5.74, 6) is -0.484. The second-order valence-corrected chi connectivity index (χ2v) is 9.93. The summed E-state index contributed by atoms with van der Waals surface area (Å²) in [7, 11) is 0. The zero-order chi connectivity index (χ0) is 23.6. The number of alkyl carbamates (subject to hydrolysis) is 1. The fourth-order valence-corrected chi connectivity index (χ4v) is 5.90. The number of ether oxygens (including phenoxy) is 2. The van der Waals surface area contributed by atoms with E-state index < -0.39 is 35.1 Å². The van der Waals surface area contributed by atoms with Gasteiger partial charge in [-0.15, -0.1) is 18.3 Å². The van der Waals surface area contributed by atoms with E-state index in [1.54, 1.807) is 11.0 Å². The van der Waals surface area contributed by atoms with Gasteiger partial charge in [-0.25, -0.2) is 4.79 Å². The molecule has 2 N–H and O–H groups in total. The van der Waals surface area contributed by atoms with Crippen LogP contribution in [-0.2, 0) is 25.5 Å². The minimum Gasteiger partial charge on any atom is -0.444 e. The van der Waals surface area contributed by atoms with E-state index in [1.807, 2.05) is 37.3 Å². The molecule has 3 saturated heterocycles. The van der Waals surface area contributed by atoms with E-state index in [9.17, 15) is 19.5 Å². The zero-order valence-corrected chi connectivity index (χ0v) is 19.3. The van der Waals surface area contributed by atoms with Crippen LogP contribution in [-0.4, -0.2) is 87.6 Å². The first-order valence-corrected chi connectivity index (χ1v) is 12.0. The van der Waals surface area contributed by atoms with Crippen LogP contribution in [0.3, 0.4) is 0 Å². The van der Waals surface area contributed by atoms with Gasteiger partial charge in [-0.3, -0.25) is 9.59 Å².